The molecular formula is C19H25ClN6O2. The second kappa shape index (κ2) is 8.89. The number of aromatic nitrogens is 3. The molecule has 0 atom stereocenters. The predicted octanol–water partition coefficient (Wildman–Crippen LogP) is 2.58. The standard InChI is InChI=1S/C19H25ClN6O2/c1-27-17-12-14(23-19-22-13-21-18(20)24-19)2-3-16(17)26-6-4-15(5-7-26)25-8-10-28-11-9-25/h2-3,12-13,15H,4-11H2,1H3,(H,21,22,23,24). The summed E-state index contributed by atoms with van der Waals surface area (Å²) in [6.07, 6.45) is 3.70. The molecule has 8 nitrogen and oxygen atoms in total. The molecule has 1 aromatic carbocycles. The van der Waals surface area contributed by atoms with Gasteiger partial charge in [0.15, 0.2) is 0 Å². The molecule has 0 saturated carbocycles. The lowest BCUT2D eigenvalue weighted by Gasteiger charge is -2.41. The van der Waals surface area contributed by atoms with E-state index >= 15 is 0 Å². The Hall–Kier alpha value is -2.16. The van der Waals surface area contributed by atoms with Crippen LogP contribution in [-0.4, -0.2) is 72.4 Å². The van der Waals surface area contributed by atoms with E-state index in [0.29, 0.717) is 12.0 Å². The highest BCUT2D eigenvalue weighted by Gasteiger charge is 2.27. The summed E-state index contributed by atoms with van der Waals surface area (Å²) in [6.45, 7) is 5.86. The molecule has 2 aromatic rings. The minimum absolute atomic E-state index is 0.157. The van der Waals surface area contributed by atoms with E-state index in [9.17, 15) is 0 Å². The topological polar surface area (TPSA) is 75.6 Å². The zero-order valence-corrected chi connectivity index (χ0v) is 16.7. The predicted molar refractivity (Wildman–Crippen MR) is 109 cm³/mol. The van der Waals surface area contributed by atoms with Crippen LogP contribution in [0.25, 0.3) is 0 Å². The summed E-state index contributed by atoms with van der Waals surface area (Å²) in [7, 11) is 1.70. The second-order valence-corrected chi connectivity index (χ2v) is 7.29. The van der Waals surface area contributed by atoms with E-state index in [2.05, 4.69) is 36.1 Å². The van der Waals surface area contributed by atoms with Crippen LogP contribution in [-0.2, 0) is 4.74 Å². The summed E-state index contributed by atoms with van der Waals surface area (Å²) < 4.78 is 11.1. The number of benzene rings is 1. The molecule has 1 N–H and O–H groups in total. The van der Waals surface area contributed by atoms with Crippen molar-refractivity contribution in [1.82, 2.24) is 19.9 Å². The second-order valence-electron chi connectivity index (χ2n) is 6.96. The summed E-state index contributed by atoms with van der Waals surface area (Å²) in [5.41, 5.74) is 1.95. The Bertz CT molecular complexity index is 794. The summed E-state index contributed by atoms with van der Waals surface area (Å²) in [6, 6.07) is 6.70. The normalized spacial score (nSPS) is 18.9. The molecule has 0 amide bonds. The molecule has 1 aromatic heterocycles. The fourth-order valence-electron chi connectivity index (χ4n) is 3.90. The number of piperidine rings is 1. The molecule has 4 rings (SSSR count). The van der Waals surface area contributed by atoms with E-state index in [-0.39, 0.29) is 5.28 Å². The van der Waals surface area contributed by atoms with Gasteiger partial charge in [-0.05, 0) is 36.6 Å². The van der Waals surface area contributed by atoms with Crippen molar-refractivity contribution >= 4 is 28.9 Å². The van der Waals surface area contributed by atoms with Crippen LogP contribution in [0, 0.1) is 0 Å². The number of ether oxygens (including phenoxy) is 2. The van der Waals surface area contributed by atoms with Crippen molar-refractivity contribution in [3.63, 3.8) is 0 Å². The summed E-state index contributed by atoms with van der Waals surface area (Å²) in [4.78, 5) is 16.9. The lowest BCUT2D eigenvalue weighted by atomic mass is 10.0. The molecule has 28 heavy (non-hydrogen) atoms. The zero-order chi connectivity index (χ0) is 19.3. The highest BCUT2D eigenvalue weighted by atomic mass is 35.5. The Balaban J connectivity index is 1.42. The molecule has 150 valence electrons. The summed E-state index contributed by atoms with van der Waals surface area (Å²) >= 11 is 5.82. The smallest absolute Gasteiger partial charge is 0.231 e. The van der Waals surface area contributed by atoms with Gasteiger partial charge in [0.1, 0.15) is 12.1 Å². The van der Waals surface area contributed by atoms with Gasteiger partial charge >= 0.3 is 0 Å². The highest BCUT2D eigenvalue weighted by molar-refractivity contribution is 6.28. The lowest BCUT2D eigenvalue weighted by Crippen LogP contribution is -2.49. The molecule has 0 radical (unpaired) electrons. The quantitative estimate of drug-likeness (QED) is 0.814. The maximum absolute atomic E-state index is 5.82. The first kappa shape index (κ1) is 19.2. The van der Waals surface area contributed by atoms with E-state index in [1.165, 1.54) is 6.33 Å². The molecule has 0 unspecified atom stereocenters. The molecule has 0 aliphatic carbocycles. The maximum Gasteiger partial charge on any atom is 0.231 e. The van der Waals surface area contributed by atoms with Gasteiger partial charge < -0.3 is 19.7 Å². The fourth-order valence-corrected chi connectivity index (χ4v) is 4.02. The number of rotatable bonds is 5. The number of hydrogen-bond acceptors (Lipinski definition) is 8. The van der Waals surface area contributed by atoms with Crippen LogP contribution >= 0.6 is 11.6 Å². The first-order chi connectivity index (χ1) is 13.7. The number of anilines is 3. The minimum atomic E-state index is 0.157. The van der Waals surface area contributed by atoms with Crippen LogP contribution in [0.15, 0.2) is 24.5 Å². The molecule has 9 heteroatoms. The van der Waals surface area contributed by atoms with E-state index < -0.39 is 0 Å². The Morgan fingerprint density at radius 3 is 2.64 bits per heavy atom. The average molecular weight is 405 g/mol. The van der Waals surface area contributed by atoms with Gasteiger partial charge in [0, 0.05) is 44.0 Å². The molecular weight excluding hydrogens is 380 g/mol. The van der Waals surface area contributed by atoms with Gasteiger partial charge in [-0.15, -0.1) is 0 Å². The molecule has 3 heterocycles. The minimum Gasteiger partial charge on any atom is -0.495 e. The lowest BCUT2D eigenvalue weighted by molar-refractivity contribution is 0.0115. The van der Waals surface area contributed by atoms with E-state index in [1.54, 1.807) is 7.11 Å². The largest absolute Gasteiger partial charge is 0.495 e. The van der Waals surface area contributed by atoms with Gasteiger partial charge in [0.2, 0.25) is 11.2 Å². The first-order valence-corrected chi connectivity index (χ1v) is 9.97. The third-order valence-electron chi connectivity index (χ3n) is 5.35. The molecule has 0 spiro atoms. The number of halogens is 1. The fraction of sp³-hybridized carbons (Fsp3) is 0.526. The first-order valence-electron chi connectivity index (χ1n) is 9.59. The average Bonchev–Trinajstić information content (AvgIpc) is 2.74. The van der Waals surface area contributed by atoms with Gasteiger partial charge in [0.25, 0.3) is 0 Å². The van der Waals surface area contributed by atoms with Crippen molar-refractivity contribution in [2.45, 2.75) is 18.9 Å². The number of hydrogen-bond donors (Lipinski definition) is 1. The Labute approximate surface area is 169 Å². The zero-order valence-electron chi connectivity index (χ0n) is 16.0. The van der Waals surface area contributed by atoms with Crippen LogP contribution in [0.5, 0.6) is 5.75 Å². The number of nitrogens with one attached hydrogen (secondary N) is 1. The van der Waals surface area contributed by atoms with Gasteiger partial charge in [-0.2, -0.15) is 4.98 Å². The van der Waals surface area contributed by atoms with Crippen LogP contribution < -0.4 is 15.0 Å². The number of methoxy groups -OCH3 is 1. The van der Waals surface area contributed by atoms with Crippen LogP contribution in [0.1, 0.15) is 12.8 Å². The Morgan fingerprint density at radius 1 is 1.14 bits per heavy atom. The maximum atomic E-state index is 5.82. The molecule has 2 aliphatic heterocycles. The summed E-state index contributed by atoms with van der Waals surface area (Å²) in [5, 5.41) is 3.29. The van der Waals surface area contributed by atoms with E-state index in [4.69, 9.17) is 21.1 Å². The van der Waals surface area contributed by atoms with Crippen molar-refractivity contribution in [1.29, 1.82) is 0 Å². The Morgan fingerprint density at radius 2 is 1.93 bits per heavy atom. The molecule has 0 bridgehead atoms. The van der Waals surface area contributed by atoms with E-state index in [0.717, 1.165) is 69.4 Å². The van der Waals surface area contributed by atoms with Crippen LogP contribution in [0.3, 0.4) is 0 Å². The van der Waals surface area contributed by atoms with Crippen molar-refractivity contribution in [3.8, 4) is 5.75 Å². The highest BCUT2D eigenvalue weighted by Crippen LogP contribution is 2.34. The van der Waals surface area contributed by atoms with Crippen molar-refractivity contribution < 1.29 is 9.47 Å². The number of morpholine rings is 1. The summed E-state index contributed by atoms with van der Waals surface area (Å²) in [5.74, 6) is 1.23. The monoisotopic (exact) mass is 404 g/mol. The van der Waals surface area contributed by atoms with E-state index in [1.807, 2.05) is 12.1 Å². The molecule has 2 saturated heterocycles. The van der Waals surface area contributed by atoms with Gasteiger partial charge in [0.05, 0.1) is 26.0 Å². The molecule has 2 aliphatic rings. The third-order valence-corrected chi connectivity index (χ3v) is 5.53. The van der Waals surface area contributed by atoms with Crippen LogP contribution in [0.2, 0.25) is 5.28 Å². The van der Waals surface area contributed by atoms with Crippen molar-refractivity contribution in [2.75, 3.05) is 56.7 Å². The van der Waals surface area contributed by atoms with Gasteiger partial charge in [-0.1, -0.05) is 0 Å². The number of nitrogens with zero attached hydrogens (tertiary/aromatic N) is 5. The van der Waals surface area contributed by atoms with Gasteiger partial charge in [-0.25, -0.2) is 9.97 Å². The molecule has 2 fully saturated rings. The van der Waals surface area contributed by atoms with Crippen molar-refractivity contribution in [2.24, 2.45) is 0 Å². The van der Waals surface area contributed by atoms with Gasteiger partial charge in [-0.3, -0.25) is 4.90 Å². The van der Waals surface area contributed by atoms with Crippen LogP contribution in [0.4, 0.5) is 17.3 Å². The SMILES string of the molecule is COc1cc(Nc2ncnc(Cl)n2)ccc1N1CCC(N2CCOCC2)CC1. The third kappa shape index (κ3) is 4.45. The Kier molecular flexibility index (Phi) is 6.09. The van der Waals surface area contributed by atoms with Crippen molar-refractivity contribution in [3.05, 3.63) is 29.8 Å².